The van der Waals surface area contributed by atoms with Gasteiger partial charge in [-0.1, -0.05) is 23.8 Å². The number of aryl methyl sites for hydroxylation is 1. The van der Waals surface area contributed by atoms with Gasteiger partial charge in [-0.15, -0.1) is 0 Å². The highest BCUT2D eigenvalue weighted by atomic mass is 79.9. The molecule has 3 aromatic carbocycles. The predicted molar refractivity (Wildman–Crippen MR) is 125 cm³/mol. The number of hydrogen-bond donors (Lipinski definition) is 0. The van der Waals surface area contributed by atoms with Gasteiger partial charge >= 0.3 is 11.9 Å². The lowest BCUT2D eigenvalue weighted by atomic mass is 10.1. The van der Waals surface area contributed by atoms with Crippen LogP contribution in [0.15, 0.2) is 80.3 Å². The van der Waals surface area contributed by atoms with Crippen LogP contribution in [0.25, 0.3) is 6.08 Å². The lowest BCUT2D eigenvalue weighted by Gasteiger charge is -2.10. The SMILES string of the molecule is Cc1ccc(C(=O)Oc2c(Br)cc(/C=C3\N=C(c4cccc(F)c4)OC3=O)cc2Br)cc1. The first kappa shape index (κ1) is 22.1. The summed E-state index contributed by atoms with van der Waals surface area (Å²) in [6, 6.07) is 16.0. The Hall–Kier alpha value is -3.10. The summed E-state index contributed by atoms with van der Waals surface area (Å²) < 4.78 is 25.1. The standard InChI is InChI=1S/C24H14Br2FNO4/c1-13-5-7-15(8-6-13)23(29)31-21-18(25)9-14(10-19(21)26)11-20-24(30)32-22(28-20)16-3-2-4-17(27)12-16/h2-12H,1H3/b20-11-. The summed E-state index contributed by atoms with van der Waals surface area (Å²) in [4.78, 5) is 28.8. The quantitative estimate of drug-likeness (QED) is 0.216. The number of benzene rings is 3. The molecule has 32 heavy (non-hydrogen) atoms. The Morgan fingerprint density at radius 3 is 2.41 bits per heavy atom. The molecule has 0 unspecified atom stereocenters. The van der Waals surface area contributed by atoms with Gasteiger partial charge in [-0.05, 0) is 92.9 Å². The molecule has 0 bridgehead atoms. The molecule has 0 amide bonds. The smallest absolute Gasteiger partial charge is 0.363 e. The Bertz CT molecular complexity index is 1280. The van der Waals surface area contributed by atoms with Crippen LogP contribution in [0, 0.1) is 12.7 Å². The summed E-state index contributed by atoms with van der Waals surface area (Å²) in [5.74, 6) is -1.27. The van der Waals surface area contributed by atoms with Crippen LogP contribution in [0.3, 0.4) is 0 Å². The van der Waals surface area contributed by atoms with Crippen LogP contribution < -0.4 is 4.74 Å². The Kier molecular flexibility index (Phi) is 6.34. The molecule has 4 rings (SSSR count). The van der Waals surface area contributed by atoms with Crippen molar-refractivity contribution < 1.29 is 23.5 Å². The van der Waals surface area contributed by atoms with Crippen molar-refractivity contribution in [2.24, 2.45) is 4.99 Å². The van der Waals surface area contributed by atoms with E-state index >= 15 is 0 Å². The number of hydrogen-bond acceptors (Lipinski definition) is 5. The molecule has 0 saturated carbocycles. The molecule has 3 aromatic rings. The maximum atomic E-state index is 13.4. The summed E-state index contributed by atoms with van der Waals surface area (Å²) >= 11 is 6.80. The lowest BCUT2D eigenvalue weighted by Crippen LogP contribution is -2.09. The Morgan fingerprint density at radius 2 is 1.75 bits per heavy atom. The van der Waals surface area contributed by atoms with E-state index in [0.29, 0.717) is 31.4 Å². The van der Waals surface area contributed by atoms with E-state index in [0.717, 1.165) is 5.56 Å². The zero-order valence-corrected chi connectivity index (χ0v) is 19.7. The average molecular weight is 559 g/mol. The molecular formula is C24H14Br2FNO4. The fourth-order valence-electron chi connectivity index (χ4n) is 2.91. The summed E-state index contributed by atoms with van der Waals surface area (Å²) in [5.41, 5.74) is 2.49. The average Bonchev–Trinajstić information content (AvgIpc) is 3.11. The summed E-state index contributed by atoms with van der Waals surface area (Å²) in [5, 5.41) is 0. The molecule has 5 nitrogen and oxygen atoms in total. The zero-order chi connectivity index (χ0) is 22.8. The topological polar surface area (TPSA) is 65.0 Å². The van der Waals surface area contributed by atoms with Crippen LogP contribution in [0.2, 0.25) is 0 Å². The van der Waals surface area contributed by atoms with Crippen molar-refractivity contribution in [3.63, 3.8) is 0 Å². The Morgan fingerprint density at radius 1 is 1.06 bits per heavy atom. The molecule has 0 aromatic heterocycles. The third kappa shape index (κ3) is 4.87. The van der Waals surface area contributed by atoms with Gasteiger partial charge in [0.25, 0.3) is 0 Å². The van der Waals surface area contributed by atoms with Gasteiger partial charge in [0.2, 0.25) is 5.90 Å². The first-order chi connectivity index (χ1) is 15.3. The second-order valence-corrected chi connectivity index (χ2v) is 8.62. The third-order valence-corrected chi connectivity index (χ3v) is 5.68. The highest BCUT2D eigenvalue weighted by Gasteiger charge is 2.25. The highest BCUT2D eigenvalue weighted by Crippen LogP contribution is 2.36. The van der Waals surface area contributed by atoms with E-state index in [-0.39, 0.29) is 11.6 Å². The molecule has 8 heteroatoms. The second kappa shape index (κ2) is 9.18. The first-order valence-corrected chi connectivity index (χ1v) is 10.9. The van der Waals surface area contributed by atoms with Gasteiger partial charge in [0.05, 0.1) is 14.5 Å². The molecule has 160 valence electrons. The van der Waals surface area contributed by atoms with Crippen LogP contribution in [0.4, 0.5) is 4.39 Å². The van der Waals surface area contributed by atoms with E-state index in [1.54, 1.807) is 30.3 Å². The van der Waals surface area contributed by atoms with E-state index in [1.165, 1.54) is 24.3 Å². The van der Waals surface area contributed by atoms with E-state index in [9.17, 15) is 14.0 Å². The number of cyclic esters (lactones) is 1. The van der Waals surface area contributed by atoms with Gasteiger partial charge in [0.1, 0.15) is 5.82 Å². The van der Waals surface area contributed by atoms with Gasteiger partial charge < -0.3 is 9.47 Å². The Labute approximate surface area is 199 Å². The summed E-state index contributed by atoms with van der Waals surface area (Å²) in [6.07, 6.45) is 1.52. The van der Waals surface area contributed by atoms with Crippen LogP contribution in [-0.2, 0) is 9.53 Å². The van der Waals surface area contributed by atoms with Crippen molar-refractivity contribution in [1.29, 1.82) is 0 Å². The molecule has 0 aliphatic carbocycles. The molecular weight excluding hydrogens is 545 g/mol. The maximum absolute atomic E-state index is 13.4. The largest absolute Gasteiger partial charge is 0.421 e. The number of esters is 2. The van der Waals surface area contributed by atoms with Gasteiger partial charge in [0.15, 0.2) is 11.4 Å². The molecule has 1 heterocycles. The fourth-order valence-corrected chi connectivity index (χ4v) is 4.30. The van der Waals surface area contributed by atoms with Crippen LogP contribution in [-0.4, -0.2) is 17.8 Å². The van der Waals surface area contributed by atoms with Crippen molar-refractivity contribution in [2.75, 3.05) is 0 Å². The minimum atomic E-state index is -0.647. The normalized spacial score (nSPS) is 14.3. The van der Waals surface area contributed by atoms with Crippen molar-refractivity contribution in [1.82, 2.24) is 0 Å². The molecule has 0 atom stereocenters. The minimum absolute atomic E-state index is 0.0301. The predicted octanol–water partition coefficient (Wildman–Crippen LogP) is 6.22. The molecule has 1 aliphatic rings. The van der Waals surface area contributed by atoms with E-state index < -0.39 is 17.8 Å². The number of halogens is 3. The van der Waals surface area contributed by atoms with Crippen molar-refractivity contribution in [2.45, 2.75) is 6.92 Å². The molecule has 0 radical (unpaired) electrons. The van der Waals surface area contributed by atoms with Crippen LogP contribution in [0.5, 0.6) is 5.75 Å². The van der Waals surface area contributed by atoms with Crippen LogP contribution in [0.1, 0.15) is 27.0 Å². The summed E-state index contributed by atoms with van der Waals surface area (Å²) in [7, 11) is 0. The maximum Gasteiger partial charge on any atom is 0.363 e. The number of rotatable bonds is 4. The molecule has 1 aliphatic heterocycles. The Balaban J connectivity index is 1.59. The number of ether oxygens (including phenoxy) is 2. The molecule has 0 fully saturated rings. The fraction of sp³-hybridized carbons (Fsp3) is 0.0417. The molecule has 0 N–H and O–H groups in total. The van der Waals surface area contributed by atoms with Crippen LogP contribution >= 0.6 is 31.9 Å². The molecule has 0 spiro atoms. The number of carbonyl (C=O) groups is 2. The van der Waals surface area contributed by atoms with Gasteiger partial charge in [-0.25, -0.2) is 19.0 Å². The van der Waals surface area contributed by atoms with Gasteiger partial charge in [-0.3, -0.25) is 0 Å². The number of aliphatic imine (C=N–C) groups is 1. The first-order valence-electron chi connectivity index (χ1n) is 9.36. The van der Waals surface area contributed by atoms with Crippen molar-refractivity contribution in [3.05, 3.63) is 103 Å². The van der Waals surface area contributed by atoms with Crippen molar-refractivity contribution >= 4 is 55.8 Å². The summed E-state index contributed by atoms with van der Waals surface area (Å²) in [6.45, 7) is 1.93. The minimum Gasteiger partial charge on any atom is -0.421 e. The number of nitrogens with zero attached hydrogens (tertiary/aromatic N) is 1. The van der Waals surface area contributed by atoms with Crippen molar-refractivity contribution in [3.8, 4) is 5.75 Å². The monoisotopic (exact) mass is 557 g/mol. The van der Waals surface area contributed by atoms with E-state index in [2.05, 4.69) is 36.9 Å². The molecule has 0 saturated heterocycles. The third-order valence-electron chi connectivity index (χ3n) is 4.50. The van der Waals surface area contributed by atoms with E-state index in [4.69, 9.17) is 9.47 Å². The van der Waals surface area contributed by atoms with Gasteiger partial charge in [-0.2, -0.15) is 0 Å². The lowest BCUT2D eigenvalue weighted by molar-refractivity contribution is -0.129. The van der Waals surface area contributed by atoms with E-state index in [1.807, 2.05) is 19.1 Å². The number of carbonyl (C=O) groups excluding carboxylic acids is 2. The zero-order valence-electron chi connectivity index (χ0n) is 16.6. The highest BCUT2D eigenvalue weighted by molar-refractivity contribution is 9.11. The van der Waals surface area contributed by atoms with Gasteiger partial charge in [0, 0.05) is 5.56 Å². The second-order valence-electron chi connectivity index (χ2n) is 6.92.